The average molecular weight is 425 g/mol. The smallest absolute Gasteiger partial charge is 0.326 e. The van der Waals surface area contributed by atoms with Crippen LogP contribution in [0, 0.1) is 11.3 Å². The van der Waals surface area contributed by atoms with Gasteiger partial charge in [-0.05, 0) is 43.0 Å². The van der Waals surface area contributed by atoms with Gasteiger partial charge in [0.2, 0.25) is 0 Å². The number of hydrogen-bond donors (Lipinski definition) is 0. The van der Waals surface area contributed by atoms with Gasteiger partial charge >= 0.3 is 5.97 Å². The van der Waals surface area contributed by atoms with Gasteiger partial charge in [0, 0.05) is 10.0 Å². The first-order chi connectivity index (χ1) is 12.0. The number of carbonyl (C=O) groups excluding carboxylic acids is 3. The maximum atomic E-state index is 12.4. The van der Waals surface area contributed by atoms with E-state index in [-0.39, 0.29) is 18.1 Å². The molecule has 0 unspecified atom stereocenters. The number of nitrogens with zero attached hydrogens (tertiary/aromatic N) is 2. The molecule has 0 bridgehead atoms. The van der Waals surface area contributed by atoms with Crippen molar-refractivity contribution in [3.8, 4) is 11.8 Å². The second-order valence-corrected chi connectivity index (χ2v) is 6.61. The standard InChI is InChI=1S/C16H13BrN2O5S/c1-2-23-14(20)9-19-15(21)13(25-16(19)22)8-10-7-11(17)3-4-12(10)24-6-5-18/h3-4,7-8H,2,6,9H2,1H3/b13-8+. The van der Waals surface area contributed by atoms with Gasteiger partial charge in [0.15, 0.2) is 6.61 Å². The summed E-state index contributed by atoms with van der Waals surface area (Å²) in [6.07, 6.45) is 1.49. The van der Waals surface area contributed by atoms with Gasteiger partial charge in [-0.15, -0.1) is 0 Å². The van der Waals surface area contributed by atoms with Crippen LogP contribution in [0.3, 0.4) is 0 Å². The molecule has 0 N–H and O–H groups in total. The Morgan fingerprint density at radius 2 is 2.20 bits per heavy atom. The number of benzene rings is 1. The zero-order valence-electron chi connectivity index (χ0n) is 13.2. The Kier molecular flexibility index (Phi) is 6.61. The summed E-state index contributed by atoms with van der Waals surface area (Å²) in [6, 6.07) is 6.95. The van der Waals surface area contributed by atoms with Crippen molar-refractivity contribution in [3.05, 3.63) is 33.1 Å². The molecule has 0 aliphatic carbocycles. The van der Waals surface area contributed by atoms with Crippen molar-refractivity contribution in [3.63, 3.8) is 0 Å². The SMILES string of the molecule is CCOC(=O)CN1C(=O)S/C(=C/c2cc(Br)ccc2OCC#N)C1=O. The molecule has 0 atom stereocenters. The van der Waals surface area contributed by atoms with Crippen LogP contribution < -0.4 is 4.74 Å². The van der Waals surface area contributed by atoms with Gasteiger partial charge in [0.1, 0.15) is 18.4 Å². The molecule has 1 fully saturated rings. The van der Waals surface area contributed by atoms with Crippen molar-refractivity contribution in [2.45, 2.75) is 6.92 Å². The van der Waals surface area contributed by atoms with Crippen LogP contribution in [0.2, 0.25) is 0 Å². The number of rotatable bonds is 6. The molecule has 25 heavy (non-hydrogen) atoms. The molecular weight excluding hydrogens is 412 g/mol. The summed E-state index contributed by atoms with van der Waals surface area (Å²) < 4.78 is 10.8. The van der Waals surface area contributed by atoms with Crippen molar-refractivity contribution < 1.29 is 23.9 Å². The molecule has 1 saturated heterocycles. The van der Waals surface area contributed by atoms with E-state index in [0.717, 1.165) is 21.1 Å². The van der Waals surface area contributed by atoms with Crippen LogP contribution in [0.5, 0.6) is 5.75 Å². The fourth-order valence-corrected chi connectivity index (χ4v) is 3.19. The molecule has 1 aromatic carbocycles. The lowest BCUT2D eigenvalue weighted by atomic mass is 10.2. The number of imide groups is 1. The number of hydrogen-bond acceptors (Lipinski definition) is 7. The monoisotopic (exact) mass is 424 g/mol. The molecule has 0 saturated carbocycles. The predicted molar refractivity (Wildman–Crippen MR) is 94.6 cm³/mol. The van der Waals surface area contributed by atoms with Crippen LogP contribution >= 0.6 is 27.7 Å². The maximum absolute atomic E-state index is 12.4. The Morgan fingerprint density at radius 1 is 1.44 bits per heavy atom. The molecule has 2 rings (SSSR count). The van der Waals surface area contributed by atoms with Crippen LogP contribution in [-0.4, -0.2) is 41.8 Å². The first-order valence-corrected chi connectivity index (χ1v) is 8.77. The zero-order valence-corrected chi connectivity index (χ0v) is 15.6. The molecule has 1 aliphatic heterocycles. The van der Waals surface area contributed by atoms with E-state index in [1.807, 2.05) is 6.07 Å². The number of ether oxygens (including phenoxy) is 2. The summed E-state index contributed by atoms with van der Waals surface area (Å²) in [6.45, 7) is 1.24. The molecular formula is C16H13BrN2O5S. The first-order valence-electron chi connectivity index (χ1n) is 7.16. The molecule has 2 amide bonds. The van der Waals surface area contributed by atoms with Gasteiger partial charge in [0.05, 0.1) is 11.5 Å². The van der Waals surface area contributed by atoms with E-state index in [2.05, 4.69) is 15.9 Å². The van der Waals surface area contributed by atoms with Crippen molar-refractivity contribution in [1.82, 2.24) is 4.90 Å². The van der Waals surface area contributed by atoms with E-state index in [9.17, 15) is 14.4 Å². The van der Waals surface area contributed by atoms with Gasteiger partial charge in [-0.25, -0.2) is 0 Å². The van der Waals surface area contributed by atoms with Crippen LogP contribution in [0.25, 0.3) is 6.08 Å². The summed E-state index contributed by atoms with van der Waals surface area (Å²) in [5.74, 6) is -0.817. The summed E-state index contributed by atoms with van der Waals surface area (Å²) in [5.41, 5.74) is 0.534. The largest absolute Gasteiger partial charge is 0.478 e. The molecule has 0 aromatic heterocycles. The van der Waals surface area contributed by atoms with E-state index >= 15 is 0 Å². The van der Waals surface area contributed by atoms with Crippen LogP contribution in [0.1, 0.15) is 12.5 Å². The van der Waals surface area contributed by atoms with Crippen LogP contribution in [-0.2, 0) is 14.3 Å². The van der Waals surface area contributed by atoms with Crippen molar-refractivity contribution in [1.29, 1.82) is 5.26 Å². The van der Waals surface area contributed by atoms with E-state index in [4.69, 9.17) is 14.7 Å². The van der Waals surface area contributed by atoms with Gasteiger partial charge in [-0.1, -0.05) is 15.9 Å². The van der Waals surface area contributed by atoms with Crippen molar-refractivity contribution >= 4 is 50.9 Å². The second kappa shape index (κ2) is 8.69. The molecule has 7 nitrogen and oxygen atoms in total. The highest BCUT2D eigenvalue weighted by molar-refractivity contribution is 9.10. The van der Waals surface area contributed by atoms with E-state index < -0.39 is 23.7 Å². The minimum atomic E-state index is -0.647. The van der Waals surface area contributed by atoms with Gasteiger partial charge in [0.25, 0.3) is 11.1 Å². The lowest BCUT2D eigenvalue weighted by molar-refractivity contribution is -0.145. The number of amides is 2. The number of nitriles is 1. The fraction of sp³-hybridized carbons (Fsp3) is 0.250. The minimum Gasteiger partial charge on any atom is -0.478 e. The minimum absolute atomic E-state index is 0.146. The molecule has 0 spiro atoms. The summed E-state index contributed by atoms with van der Waals surface area (Å²) >= 11 is 4.05. The van der Waals surface area contributed by atoms with Crippen LogP contribution in [0.4, 0.5) is 4.79 Å². The van der Waals surface area contributed by atoms with Gasteiger partial charge in [-0.3, -0.25) is 19.3 Å². The van der Waals surface area contributed by atoms with Crippen LogP contribution in [0.15, 0.2) is 27.6 Å². The van der Waals surface area contributed by atoms with E-state index in [1.165, 1.54) is 6.08 Å². The Morgan fingerprint density at radius 3 is 2.88 bits per heavy atom. The quantitative estimate of drug-likeness (QED) is 0.511. The Hall–Kier alpha value is -2.31. The highest BCUT2D eigenvalue weighted by Crippen LogP contribution is 2.34. The number of halogens is 1. The third-order valence-electron chi connectivity index (χ3n) is 3.02. The highest BCUT2D eigenvalue weighted by Gasteiger charge is 2.36. The summed E-state index contributed by atoms with van der Waals surface area (Å²) in [7, 11) is 0. The Labute approximate surface area is 156 Å². The molecule has 0 radical (unpaired) electrons. The number of carbonyl (C=O) groups is 3. The lowest BCUT2D eigenvalue weighted by Gasteiger charge is -2.11. The Balaban J connectivity index is 2.26. The molecule has 1 aliphatic rings. The third kappa shape index (κ3) is 4.84. The van der Waals surface area contributed by atoms with Gasteiger partial charge in [-0.2, -0.15) is 5.26 Å². The maximum Gasteiger partial charge on any atom is 0.326 e. The average Bonchev–Trinajstić information content (AvgIpc) is 2.82. The first kappa shape index (κ1) is 19.0. The topological polar surface area (TPSA) is 96.7 Å². The normalized spacial score (nSPS) is 15.4. The summed E-state index contributed by atoms with van der Waals surface area (Å²) in [4.78, 5) is 36.9. The lowest BCUT2D eigenvalue weighted by Crippen LogP contribution is -2.34. The molecule has 1 heterocycles. The highest BCUT2D eigenvalue weighted by atomic mass is 79.9. The summed E-state index contributed by atoms with van der Waals surface area (Å²) in [5, 5.41) is 8.10. The van der Waals surface area contributed by atoms with E-state index in [0.29, 0.717) is 11.3 Å². The number of esters is 1. The van der Waals surface area contributed by atoms with Crippen molar-refractivity contribution in [2.75, 3.05) is 19.8 Å². The second-order valence-electron chi connectivity index (χ2n) is 4.70. The van der Waals surface area contributed by atoms with Gasteiger partial charge < -0.3 is 9.47 Å². The third-order valence-corrected chi connectivity index (χ3v) is 4.42. The zero-order chi connectivity index (χ0) is 18.4. The molecule has 1 aromatic rings. The van der Waals surface area contributed by atoms with Crippen molar-refractivity contribution in [2.24, 2.45) is 0 Å². The number of thioether (sulfide) groups is 1. The fourth-order valence-electron chi connectivity index (χ4n) is 1.99. The molecule has 9 heteroatoms. The molecule has 130 valence electrons. The predicted octanol–water partition coefficient (Wildman–Crippen LogP) is 2.95. The van der Waals surface area contributed by atoms with E-state index in [1.54, 1.807) is 25.1 Å². The Bertz CT molecular complexity index is 787.